The lowest BCUT2D eigenvalue weighted by Gasteiger charge is -2.14. The Balaban J connectivity index is 1.98. The first kappa shape index (κ1) is 15.5. The SMILES string of the molecule is COc1cccc(CC(N)Cc2ncnn2CC(C)C)c1. The fourth-order valence-electron chi connectivity index (χ4n) is 2.35. The van der Waals surface area contributed by atoms with Crippen LogP contribution in [0.5, 0.6) is 5.75 Å². The van der Waals surface area contributed by atoms with Crippen LogP contribution >= 0.6 is 0 Å². The van der Waals surface area contributed by atoms with Gasteiger partial charge in [-0.2, -0.15) is 5.10 Å². The van der Waals surface area contributed by atoms with Crippen molar-refractivity contribution in [2.24, 2.45) is 11.7 Å². The van der Waals surface area contributed by atoms with E-state index in [0.717, 1.165) is 31.0 Å². The third-order valence-electron chi connectivity index (χ3n) is 3.31. The summed E-state index contributed by atoms with van der Waals surface area (Å²) in [6, 6.07) is 8.04. The largest absolute Gasteiger partial charge is 0.497 e. The van der Waals surface area contributed by atoms with Crippen LogP contribution in [0.2, 0.25) is 0 Å². The molecule has 114 valence electrons. The lowest BCUT2D eigenvalue weighted by Crippen LogP contribution is -2.27. The molecule has 2 N–H and O–H groups in total. The highest BCUT2D eigenvalue weighted by molar-refractivity contribution is 5.29. The van der Waals surface area contributed by atoms with Gasteiger partial charge in [0.2, 0.25) is 0 Å². The molecule has 0 aliphatic heterocycles. The molecule has 0 fully saturated rings. The maximum Gasteiger partial charge on any atom is 0.138 e. The fourth-order valence-corrected chi connectivity index (χ4v) is 2.35. The molecule has 0 spiro atoms. The van der Waals surface area contributed by atoms with Crippen LogP contribution in [-0.2, 0) is 19.4 Å². The summed E-state index contributed by atoms with van der Waals surface area (Å²) in [6.07, 6.45) is 3.13. The Hall–Kier alpha value is -1.88. The molecule has 1 heterocycles. The van der Waals surface area contributed by atoms with Gasteiger partial charge in [-0.15, -0.1) is 0 Å². The number of rotatable bonds is 7. The first-order valence-corrected chi connectivity index (χ1v) is 7.33. The van der Waals surface area contributed by atoms with Gasteiger partial charge in [-0.05, 0) is 30.0 Å². The van der Waals surface area contributed by atoms with Crippen LogP contribution in [0.1, 0.15) is 25.2 Å². The van der Waals surface area contributed by atoms with E-state index in [0.29, 0.717) is 5.92 Å². The van der Waals surface area contributed by atoms with E-state index in [1.54, 1.807) is 13.4 Å². The van der Waals surface area contributed by atoms with Crippen molar-refractivity contribution in [2.75, 3.05) is 7.11 Å². The van der Waals surface area contributed by atoms with Crippen molar-refractivity contribution < 1.29 is 4.74 Å². The monoisotopic (exact) mass is 288 g/mol. The van der Waals surface area contributed by atoms with E-state index < -0.39 is 0 Å². The lowest BCUT2D eigenvalue weighted by molar-refractivity contribution is 0.414. The van der Waals surface area contributed by atoms with Crippen molar-refractivity contribution in [3.8, 4) is 5.75 Å². The lowest BCUT2D eigenvalue weighted by atomic mass is 10.0. The summed E-state index contributed by atoms with van der Waals surface area (Å²) in [5, 5.41) is 4.27. The van der Waals surface area contributed by atoms with Crippen LogP contribution in [0.25, 0.3) is 0 Å². The molecule has 0 aliphatic carbocycles. The minimum Gasteiger partial charge on any atom is -0.497 e. The normalized spacial score (nSPS) is 12.6. The molecule has 1 aromatic carbocycles. The Kier molecular flexibility index (Phi) is 5.33. The number of benzene rings is 1. The van der Waals surface area contributed by atoms with Gasteiger partial charge in [-0.3, -0.25) is 0 Å². The molecular formula is C16H24N4O. The molecule has 2 rings (SSSR count). The number of nitrogens with two attached hydrogens (primary N) is 1. The van der Waals surface area contributed by atoms with Crippen LogP contribution in [0.3, 0.4) is 0 Å². The Morgan fingerprint density at radius 1 is 1.29 bits per heavy atom. The van der Waals surface area contributed by atoms with Crippen LogP contribution in [0.15, 0.2) is 30.6 Å². The molecule has 1 aromatic heterocycles. The number of hydrogen-bond acceptors (Lipinski definition) is 4. The molecule has 0 saturated heterocycles. The number of methoxy groups -OCH3 is 1. The van der Waals surface area contributed by atoms with Crippen molar-refractivity contribution in [1.82, 2.24) is 14.8 Å². The van der Waals surface area contributed by atoms with Crippen molar-refractivity contribution in [3.63, 3.8) is 0 Å². The molecule has 5 nitrogen and oxygen atoms in total. The predicted molar refractivity (Wildman–Crippen MR) is 83.2 cm³/mol. The molecule has 0 radical (unpaired) electrons. The second-order valence-corrected chi connectivity index (χ2v) is 5.77. The van der Waals surface area contributed by atoms with Gasteiger partial charge in [0, 0.05) is 19.0 Å². The van der Waals surface area contributed by atoms with Gasteiger partial charge in [0.15, 0.2) is 0 Å². The van der Waals surface area contributed by atoms with E-state index in [1.807, 2.05) is 22.9 Å². The minimum absolute atomic E-state index is 0.0206. The van der Waals surface area contributed by atoms with Gasteiger partial charge >= 0.3 is 0 Å². The van der Waals surface area contributed by atoms with Gasteiger partial charge in [0.1, 0.15) is 17.9 Å². The summed E-state index contributed by atoms with van der Waals surface area (Å²) >= 11 is 0. The molecule has 0 bridgehead atoms. The summed E-state index contributed by atoms with van der Waals surface area (Å²) in [5.41, 5.74) is 7.44. The number of hydrogen-bond donors (Lipinski definition) is 1. The first-order chi connectivity index (χ1) is 10.1. The van der Waals surface area contributed by atoms with E-state index in [2.05, 4.69) is 30.0 Å². The van der Waals surface area contributed by atoms with E-state index in [9.17, 15) is 0 Å². The maximum absolute atomic E-state index is 6.27. The molecule has 2 aromatic rings. The van der Waals surface area contributed by atoms with Gasteiger partial charge < -0.3 is 10.5 Å². The molecule has 1 atom stereocenters. The highest BCUT2D eigenvalue weighted by atomic mass is 16.5. The van der Waals surface area contributed by atoms with Crippen molar-refractivity contribution in [3.05, 3.63) is 42.0 Å². The van der Waals surface area contributed by atoms with Gasteiger partial charge in [0.25, 0.3) is 0 Å². The number of nitrogens with zero attached hydrogens (tertiary/aromatic N) is 3. The zero-order valence-corrected chi connectivity index (χ0v) is 13.0. The number of ether oxygens (including phenoxy) is 1. The van der Waals surface area contributed by atoms with Crippen molar-refractivity contribution in [2.45, 2.75) is 39.3 Å². The first-order valence-electron chi connectivity index (χ1n) is 7.33. The van der Waals surface area contributed by atoms with Crippen LogP contribution in [-0.4, -0.2) is 27.9 Å². The molecule has 0 amide bonds. The Labute approximate surface area is 126 Å². The Morgan fingerprint density at radius 3 is 2.81 bits per heavy atom. The van der Waals surface area contributed by atoms with E-state index in [1.165, 1.54) is 5.56 Å². The van der Waals surface area contributed by atoms with E-state index >= 15 is 0 Å². The van der Waals surface area contributed by atoms with E-state index in [-0.39, 0.29) is 6.04 Å². The molecule has 0 saturated carbocycles. The zero-order valence-electron chi connectivity index (χ0n) is 13.0. The fraction of sp³-hybridized carbons (Fsp3) is 0.500. The Morgan fingerprint density at radius 2 is 2.10 bits per heavy atom. The van der Waals surface area contributed by atoms with Crippen molar-refractivity contribution in [1.29, 1.82) is 0 Å². The van der Waals surface area contributed by atoms with Crippen LogP contribution in [0.4, 0.5) is 0 Å². The highest BCUT2D eigenvalue weighted by Gasteiger charge is 2.12. The molecule has 0 aliphatic rings. The highest BCUT2D eigenvalue weighted by Crippen LogP contribution is 2.14. The topological polar surface area (TPSA) is 66.0 Å². The molecular weight excluding hydrogens is 264 g/mol. The Bertz CT molecular complexity index is 565. The summed E-state index contributed by atoms with van der Waals surface area (Å²) in [4.78, 5) is 4.33. The van der Waals surface area contributed by atoms with Crippen molar-refractivity contribution >= 4 is 0 Å². The summed E-state index contributed by atoms with van der Waals surface area (Å²) in [6.45, 7) is 5.21. The standard InChI is InChI=1S/C16H24N4O/c1-12(2)10-20-16(18-11-19-20)9-14(17)7-13-5-4-6-15(8-13)21-3/h4-6,8,11-12,14H,7,9-10,17H2,1-3H3. The summed E-state index contributed by atoms with van der Waals surface area (Å²) < 4.78 is 7.19. The average molecular weight is 288 g/mol. The minimum atomic E-state index is 0.0206. The van der Waals surface area contributed by atoms with E-state index in [4.69, 9.17) is 10.5 Å². The smallest absolute Gasteiger partial charge is 0.138 e. The van der Waals surface area contributed by atoms with Crippen LogP contribution in [0, 0.1) is 5.92 Å². The predicted octanol–water partition coefficient (Wildman–Crippen LogP) is 2.06. The van der Waals surface area contributed by atoms with Gasteiger partial charge in [0.05, 0.1) is 7.11 Å². The molecule has 1 unspecified atom stereocenters. The molecule has 21 heavy (non-hydrogen) atoms. The van der Waals surface area contributed by atoms with Crippen LogP contribution < -0.4 is 10.5 Å². The maximum atomic E-state index is 6.27. The summed E-state index contributed by atoms with van der Waals surface area (Å²) in [7, 11) is 1.67. The summed E-state index contributed by atoms with van der Waals surface area (Å²) in [5.74, 6) is 2.36. The third-order valence-corrected chi connectivity index (χ3v) is 3.31. The quantitative estimate of drug-likeness (QED) is 0.847. The zero-order chi connectivity index (χ0) is 15.2. The van der Waals surface area contributed by atoms with Gasteiger partial charge in [-0.1, -0.05) is 26.0 Å². The van der Waals surface area contributed by atoms with Gasteiger partial charge in [-0.25, -0.2) is 9.67 Å². The second kappa shape index (κ2) is 7.22. The number of aromatic nitrogens is 3. The average Bonchev–Trinajstić information content (AvgIpc) is 2.85. The third kappa shape index (κ3) is 4.56. The molecule has 5 heteroatoms. The second-order valence-electron chi connectivity index (χ2n) is 5.77.